The molecule has 1 aromatic heterocycles. The van der Waals surface area contributed by atoms with Gasteiger partial charge in [0, 0.05) is 10.5 Å². The minimum absolute atomic E-state index is 0.119. The van der Waals surface area contributed by atoms with Crippen molar-refractivity contribution in [1.29, 1.82) is 0 Å². The van der Waals surface area contributed by atoms with Gasteiger partial charge >= 0.3 is 6.09 Å². The SMILES string of the molecule is O=C(O)NCCOc1cc(Br)ccc1-c1cc(=O)c2cccc(Cl)c2o1. The highest BCUT2D eigenvalue weighted by molar-refractivity contribution is 9.10. The van der Waals surface area contributed by atoms with E-state index in [1.165, 1.54) is 6.07 Å². The first-order valence-electron chi connectivity index (χ1n) is 7.57. The van der Waals surface area contributed by atoms with E-state index in [0.29, 0.717) is 33.1 Å². The van der Waals surface area contributed by atoms with Gasteiger partial charge in [-0.1, -0.05) is 33.6 Å². The summed E-state index contributed by atoms with van der Waals surface area (Å²) in [6.07, 6.45) is -1.13. The molecule has 0 aliphatic rings. The zero-order valence-electron chi connectivity index (χ0n) is 13.3. The number of para-hydroxylation sites is 1. The lowest BCUT2D eigenvalue weighted by molar-refractivity contribution is 0.191. The van der Waals surface area contributed by atoms with Crippen molar-refractivity contribution in [3.63, 3.8) is 0 Å². The van der Waals surface area contributed by atoms with Crippen LogP contribution in [0, 0.1) is 0 Å². The Kier molecular flexibility index (Phi) is 5.49. The molecule has 6 nitrogen and oxygen atoms in total. The predicted octanol–water partition coefficient (Wildman–Crippen LogP) is 4.52. The van der Waals surface area contributed by atoms with Crippen LogP contribution in [0.15, 0.2) is 56.1 Å². The summed E-state index contributed by atoms with van der Waals surface area (Å²) in [5.41, 5.74) is 0.644. The van der Waals surface area contributed by atoms with Crippen LogP contribution >= 0.6 is 27.5 Å². The summed E-state index contributed by atoms with van der Waals surface area (Å²) in [6, 6.07) is 11.6. The molecule has 1 amide bonds. The zero-order chi connectivity index (χ0) is 18.7. The number of halogens is 2. The molecule has 2 aromatic carbocycles. The molecule has 8 heteroatoms. The van der Waals surface area contributed by atoms with Crippen molar-refractivity contribution < 1.29 is 19.1 Å². The van der Waals surface area contributed by atoms with E-state index >= 15 is 0 Å². The lowest BCUT2D eigenvalue weighted by atomic mass is 10.1. The minimum atomic E-state index is -1.13. The van der Waals surface area contributed by atoms with Gasteiger partial charge in [-0.2, -0.15) is 0 Å². The second-order valence-electron chi connectivity index (χ2n) is 5.31. The number of carboxylic acid groups (broad SMARTS) is 1. The van der Waals surface area contributed by atoms with Crippen LogP contribution < -0.4 is 15.5 Å². The van der Waals surface area contributed by atoms with Crippen LogP contribution in [0.3, 0.4) is 0 Å². The third-order valence-corrected chi connectivity index (χ3v) is 4.34. The standard InChI is InChI=1S/C18H13BrClNO5/c19-10-4-5-12(15(8-10)25-7-6-21-18(23)24)16-9-14(22)11-2-1-3-13(20)17(11)26-16/h1-5,8-9,21H,6-7H2,(H,23,24). The summed E-state index contributed by atoms with van der Waals surface area (Å²) in [7, 11) is 0. The third-order valence-electron chi connectivity index (χ3n) is 3.55. The minimum Gasteiger partial charge on any atom is -0.491 e. The van der Waals surface area contributed by atoms with E-state index in [-0.39, 0.29) is 18.6 Å². The first-order valence-corrected chi connectivity index (χ1v) is 8.74. The summed E-state index contributed by atoms with van der Waals surface area (Å²) in [6.45, 7) is 0.239. The van der Waals surface area contributed by atoms with E-state index in [1.54, 1.807) is 36.4 Å². The largest absolute Gasteiger partial charge is 0.491 e. The monoisotopic (exact) mass is 437 g/mol. The van der Waals surface area contributed by atoms with Crippen molar-refractivity contribution in [3.8, 4) is 17.1 Å². The van der Waals surface area contributed by atoms with Gasteiger partial charge in [0.05, 0.1) is 22.5 Å². The van der Waals surface area contributed by atoms with Crippen LogP contribution in [-0.4, -0.2) is 24.4 Å². The maximum atomic E-state index is 12.4. The Balaban J connectivity index is 2.01. The molecule has 0 saturated carbocycles. The van der Waals surface area contributed by atoms with Crippen molar-refractivity contribution >= 4 is 44.6 Å². The van der Waals surface area contributed by atoms with E-state index in [0.717, 1.165) is 4.47 Å². The molecule has 0 atom stereocenters. The molecule has 0 aliphatic carbocycles. The van der Waals surface area contributed by atoms with Crippen LogP contribution in [0.5, 0.6) is 5.75 Å². The van der Waals surface area contributed by atoms with E-state index in [1.807, 2.05) is 0 Å². The van der Waals surface area contributed by atoms with Crippen LogP contribution in [0.2, 0.25) is 5.02 Å². The Morgan fingerprint density at radius 2 is 2.08 bits per heavy atom. The number of carbonyl (C=O) groups is 1. The predicted molar refractivity (Wildman–Crippen MR) is 102 cm³/mol. The van der Waals surface area contributed by atoms with Crippen molar-refractivity contribution in [2.75, 3.05) is 13.2 Å². The third kappa shape index (κ3) is 4.00. The molecule has 3 rings (SSSR count). The Bertz CT molecular complexity index is 1030. The average molecular weight is 439 g/mol. The molecule has 0 spiro atoms. The number of rotatable bonds is 5. The van der Waals surface area contributed by atoms with Crippen molar-refractivity contribution in [2.45, 2.75) is 0 Å². The maximum absolute atomic E-state index is 12.4. The molecule has 1 heterocycles. The normalized spacial score (nSPS) is 10.7. The van der Waals surface area contributed by atoms with Crippen molar-refractivity contribution in [2.24, 2.45) is 0 Å². The highest BCUT2D eigenvalue weighted by Crippen LogP contribution is 2.34. The maximum Gasteiger partial charge on any atom is 0.404 e. The van der Waals surface area contributed by atoms with Gasteiger partial charge in [0.1, 0.15) is 18.1 Å². The van der Waals surface area contributed by atoms with Gasteiger partial charge in [0.2, 0.25) is 0 Å². The summed E-state index contributed by atoms with van der Waals surface area (Å²) in [5, 5.41) is 11.6. The van der Waals surface area contributed by atoms with Crippen molar-refractivity contribution in [3.05, 3.63) is 62.2 Å². The fourth-order valence-corrected chi connectivity index (χ4v) is 2.97. The Hall–Kier alpha value is -2.51. The van der Waals surface area contributed by atoms with Gasteiger partial charge in [-0.25, -0.2) is 4.79 Å². The Labute approximate surface area is 161 Å². The van der Waals surface area contributed by atoms with Crippen LogP contribution in [0.4, 0.5) is 4.79 Å². The summed E-state index contributed by atoms with van der Waals surface area (Å²) in [4.78, 5) is 22.9. The van der Waals surface area contributed by atoms with Gasteiger partial charge < -0.3 is 19.6 Å². The lowest BCUT2D eigenvalue weighted by Gasteiger charge is -2.12. The molecule has 0 unspecified atom stereocenters. The highest BCUT2D eigenvalue weighted by atomic mass is 79.9. The highest BCUT2D eigenvalue weighted by Gasteiger charge is 2.14. The topological polar surface area (TPSA) is 88.8 Å². The molecule has 2 N–H and O–H groups in total. The first kappa shape index (κ1) is 18.3. The van der Waals surface area contributed by atoms with Crippen LogP contribution in [-0.2, 0) is 0 Å². The molecule has 0 bridgehead atoms. The Morgan fingerprint density at radius 3 is 2.85 bits per heavy atom. The number of hydrogen-bond donors (Lipinski definition) is 2. The number of benzene rings is 2. The second kappa shape index (κ2) is 7.80. The van der Waals surface area contributed by atoms with Crippen LogP contribution in [0.25, 0.3) is 22.3 Å². The molecule has 0 fully saturated rings. The molecule has 0 aliphatic heterocycles. The fraction of sp³-hybridized carbons (Fsp3) is 0.111. The van der Waals surface area contributed by atoms with Gasteiger partial charge in [-0.05, 0) is 30.3 Å². The van der Waals surface area contributed by atoms with Crippen molar-refractivity contribution in [1.82, 2.24) is 5.32 Å². The lowest BCUT2D eigenvalue weighted by Crippen LogP contribution is -2.26. The van der Waals surface area contributed by atoms with Gasteiger partial charge in [-0.3, -0.25) is 4.79 Å². The summed E-state index contributed by atoms with van der Waals surface area (Å²) in [5.74, 6) is 0.755. The quantitative estimate of drug-likeness (QED) is 0.572. The van der Waals surface area contributed by atoms with Crippen LogP contribution in [0.1, 0.15) is 0 Å². The molecule has 3 aromatic rings. The number of ether oxygens (including phenoxy) is 1. The number of nitrogens with one attached hydrogen (secondary N) is 1. The van der Waals surface area contributed by atoms with E-state index in [2.05, 4.69) is 21.2 Å². The zero-order valence-corrected chi connectivity index (χ0v) is 15.6. The van der Waals surface area contributed by atoms with E-state index in [9.17, 15) is 9.59 Å². The smallest absolute Gasteiger partial charge is 0.404 e. The second-order valence-corrected chi connectivity index (χ2v) is 6.64. The summed E-state index contributed by atoms with van der Waals surface area (Å²) >= 11 is 9.51. The average Bonchev–Trinajstić information content (AvgIpc) is 2.59. The fourth-order valence-electron chi connectivity index (χ4n) is 2.41. The van der Waals surface area contributed by atoms with E-state index < -0.39 is 6.09 Å². The van der Waals surface area contributed by atoms with E-state index in [4.69, 9.17) is 25.9 Å². The molecule has 0 radical (unpaired) electrons. The molecular formula is C18H13BrClNO5. The number of amides is 1. The first-order chi connectivity index (χ1) is 12.5. The molecule has 134 valence electrons. The number of hydrogen-bond acceptors (Lipinski definition) is 4. The van der Waals surface area contributed by atoms with Gasteiger partial charge in [0.25, 0.3) is 0 Å². The molecule has 0 saturated heterocycles. The van der Waals surface area contributed by atoms with Gasteiger partial charge in [-0.15, -0.1) is 0 Å². The molecular weight excluding hydrogens is 426 g/mol. The molecule has 26 heavy (non-hydrogen) atoms. The summed E-state index contributed by atoms with van der Waals surface area (Å²) < 4.78 is 12.3. The van der Waals surface area contributed by atoms with Gasteiger partial charge in [0.15, 0.2) is 11.0 Å². The number of fused-ring (bicyclic) bond motifs is 1. The Morgan fingerprint density at radius 1 is 1.27 bits per heavy atom.